The second-order valence-corrected chi connectivity index (χ2v) is 6.30. The van der Waals surface area contributed by atoms with Gasteiger partial charge in [0.15, 0.2) is 0 Å². The summed E-state index contributed by atoms with van der Waals surface area (Å²) >= 11 is 0. The molecule has 118 valence electrons. The van der Waals surface area contributed by atoms with Crippen molar-refractivity contribution in [1.29, 1.82) is 0 Å². The molecule has 1 aromatic rings. The van der Waals surface area contributed by atoms with Gasteiger partial charge in [0.1, 0.15) is 6.04 Å². The van der Waals surface area contributed by atoms with Gasteiger partial charge < -0.3 is 9.80 Å². The molecule has 3 rings (SSSR count). The number of hydrogen-bond acceptors (Lipinski definition) is 2. The molecule has 0 aromatic heterocycles. The van der Waals surface area contributed by atoms with E-state index in [1.54, 1.807) is 0 Å². The number of benzene rings is 1. The molecule has 0 N–H and O–H groups in total. The largest absolute Gasteiger partial charge is 0.341 e. The van der Waals surface area contributed by atoms with Gasteiger partial charge in [-0.1, -0.05) is 36.8 Å². The summed E-state index contributed by atoms with van der Waals surface area (Å²) in [6.07, 6.45) is 5.40. The third-order valence-corrected chi connectivity index (χ3v) is 4.71. The zero-order chi connectivity index (χ0) is 15.4. The molecule has 1 atom stereocenters. The zero-order valence-electron chi connectivity index (χ0n) is 13.0. The Morgan fingerprint density at radius 2 is 1.77 bits per heavy atom. The molecule has 4 nitrogen and oxygen atoms in total. The number of nitrogens with zero attached hydrogens (tertiary/aromatic N) is 2. The van der Waals surface area contributed by atoms with Gasteiger partial charge in [0.05, 0.1) is 0 Å². The molecule has 2 heterocycles. The van der Waals surface area contributed by atoms with Crippen molar-refractivity contribution in [2.24, 2.45) is 0 Å². The Balaban J connectivity index is 1.79. The minimum Gasteiger partial charge on any atom is -0.341 e. The van der Waals surface area contributed by atoms with Crippen molar-refractivity contribution in [2.75, 3.05) is 13.1 Å². The van der Waals surface area contributed by atoms with Crippen molar-refractivity contribution in [1.82, 2.24) is 9.80 Å². The maximum absolute atomic E-state index is 12.8. The normalized spacial score (nSPS) is 22.7. The van der Waals surface area contributed by atoms with Gasteiger partial charge in [-0.05, 0) is 31.2 Å². The van der Waals surface area contributed by atoms with Crippen molar-refractivity contribution >= 4 is 11.8 Å². The molecule has 2 saturated heterocycles. The standard InChI is InChI=1S/C18H24N2O2/c21-17-11-5-4-10-16(18(22)19-12-6-7-13-19)20(17)14-15-8-2-1-3-9-15/h1-3,8-9,16H,4-7,10-14H2. The van der Waals surface area contributed by atoms with Crippen molar-refractivity contribution in [3.05, 3.63) is 35.9 Å². The third-order valence-electron chi connectivity index (χ3n) is 4.71. The molecular weight excluding hydrogens is 276 g/mol. The van der Waals surface area contributed by atoms with Gasteiger partial charge in [-0.2, -0.15) is 0 Å². The van der Waals surface area contributed by atoms with Crippen LogP contribution in [0, 0.1) is 0 Å². The number of carbonyl (C=O) groups is 2. The van der Waals surface area contributed by atoms with Gasteiger partial charge in [-0.15, -0.1) is 0 Å². The predicted octanol–water partition coefficient (Wildman–Crippen LogP) is 2.58. The average molecular weight is 300 g/mol. The lowest BCUT2D eigenvalue weighted by Crippen LogP contribution is -2.49. The summed E-state index contributed by atoms with van der Waals surface area (Å²) in [7, 11) is 0. The lowest BCUT2D eigenvalue weighted by Gasteiger charge is -2.32. The molecule has 1 unspecified atom stereocenters. The summed E-state index contributed by atoms with van der Waals surface area (Å²) < 4.78 is 0. The first-order valence-electron chi connectivity index (χ1n) is 8.38. The molecule has 0 spiro atoms. The fourth-order valence-electron chi connectivity index (χ4n) is 3.47. The van der Waals surface area contributed by atoms with Crippen LogP contribution in [0.2, 0.25) is 0 Å². The first kappa shape index (κ1) is 15.1. The fraction of sp³-hybridized carbons (Fsp3) is 0.556. The van der Waals surface area contributed by atoms with Crippen LogP contribution in [0.3, 0.4) is 0 Å². The van der Waals surface area contributed by atoms with Crippen LogP contribution < -0.4 is 0 Å². The SMILES string of the molecule is O=C(C1CCCCC(=O)N1Cc1ccccc1)N1CCCC1. The van der Waals surface area contributed by atoms with Gasteiger partial charge >= 0.3 is 0 Å². The van der Waals surface area contributed by atoms with E-state index in [0.29, 0.717) is 13.0 Å². The van der Waals surface area contributed by atoms with Gasteiger partial charge in [-0.25, -0.2) is 0 Å². The van der Waals surface area contributed by atoms with Crippen LogP contribution in [-0.2, 0) is 16.1 Å². The lowest BCUT2D eigenvalue weighted by atomic mass is 10.1. The summed E-state index contributed by atoms with van der Waals surface area (Å²) in [5.41, 5.74) is 1.09. The number of amides is 2. The summed E-state index contributed by atoms with van der Waals surface area (Å²) in [6, 6.07) is 9.71. The Hall–Kier alpha value is -1.84. The monoisotopic (exact) mass is 300 g/mol. The molecule has 22 heavy (non-hydrogen) atoms. The van der Waals surface area contributed by atoms with E-state index in [9.17, 15) is 9.59 Å². The minimum absolute atomic E-state index is 0.124. The lowest BCUT2D eigenvalue weighted by molar-refractivity contribution is -0.145. The van der Waals surface area contributed by atoms with Gasteiger partial charge in [-0.3, -0.25) is 9.59 Å². The second kappa shape index (κ2) is 6.95. The number of hydrogen-bond donors (Lipinski definition) is 0. The van der Waals surface area contributed by atoms with Crippen LogP contribution in [0.25, 0.3) is 0 Å². The zero-order valence-corrected chi connectivity index (χ0v) is 13.0. The smallest absolute Gasteiger partial charge is 0.245 e. The van der Waals surface area contributed by atoms with Crippen molar-refractivity contribution in [3.63, 3.8) is 0 Å². The van der Waals surface area contributed by atoms with E-state index in [4.69, 9.17) is 0 Å². The Bertz CT molecular complexity index is 523. The highest BCUT2D eigenvalue weighted by Crippen LogP contribution is 2.23. The molecule has 0 aliphatic carbocycles. The van der Waals surface area contributed by atoms with Crippen molar-refractivity contribution in [2.45, 2.75) is 51.1 Å². The molecular formula is C18H24N2O2. The predicted molar refractivity (Wildman–Crippen MR) is 85.1 cm³/mol. The Kier molecular flexibility index (Phi) is 4.76. The van der Waals surface area contributed by atoms with Crippen LogP contribution in [0.4, 0.5) is 0 Å². The molecule has 2 fully saturated rings. The molecule has 2 amide bonds. The molecule has 0 bridgehead atoms. The van der Waals surface area contributed by atoms with E-state index >= 15 is 0 Å². The molecule has 1 aromatic carbocycles. The van der Waals surface area contributed by atoms with Gasteiger partial charge in [0.2, 0.25) is 11.8 Å². The Morgan fingerprint density at radius 1 is 1.05 bits per heavy atom. The highest BCUT2D eigenvalue weighted by Gasteiger charge is 2.34. The van der Waals surface area contributed by atoms with Gasteiger partial charge in [0, 0.05) is 26.1 Å². The third kappa shape index (κ3) is 3.32. The Morgan fingerprint density at radius 3 is 2.50 bits per heavy atom. The van der Waals surface area contributed by atoms with E-state index in [2.05, 4.69) is 0 Å². The topological polar surface area (TPSA) is 40.6 Å². The van der Waals surface area contributed by atoms with Crippen molar-refractivity contribution in [3.8, 4) is 0 Å². The average Bonchev–Trinajstić information content (AvgIpc) is 3.02. The summed E-state index contributed by atoms with van der Waals surface area (Å²) in [6.45, 7) is 2.25. The highest BCUT2D eigenvalue weighted by molar-refractivity contribution is 5.88. The quantitative estimate of drug-likeness (QED) is 0.861. The Labute approximate surface area is 132 Å². The van der Waals surface area contributed by atoms with E-state index in [-0.39, 0.29) is 17.9 Å². The molecule has 2 aliphatic rings. The summed E-state index contributed by atoms with van der Waals surface area (Å²) in [5.74, 6) is 0.280. The highest BCUT2D eigenvalue weighted by atomic mass is 16.2. The van der Waals surface area contributed by atoms with Crippen LogP contribution >= 0.6 is 0 Å². The maximum atomic E-state index is 12.8. The van der Waals surface area contributed by atoms with Crippen molar-refractivity contribution < 1.29 is 9.59 Å². The molecule has 0 radical (unpaired) electrons. The minimum atomic E-state index is -0.270. The van der Waals surface area contributed by atoms with E-state index in [0.717, 1.165) is 50.8 Å². The molecule has 2 aliphatic heterocycles. The van der Waals surface area contributed by atoms with Crippen LogP contribution in [0.15, 0.2) is 30.3 Å². The van der Waals surface area contributed by atoms with Crippen LogP contribution in [0.1, 0.15) is 44.1 Å². The van der Waals surface area contributed by atoms with Gasteiger partial charge in [0.25, 0.3) is 0 Å². The van der Waals surface area contributed by atoms with E-state index < -0.39 is 0 Å². The van der Waals surface area contributed by atoms with E-state index in [1.807, 2.05) is 40.1 Å². The fourth-order valence-corrected chi connectivity index (χ4v) is 3.47. The summed E-state index contributed by atoms with van der Waals surface area (Å²) in [5, 5.41) is 0. The van der Waals surface area contributed by atoms with Crippen LogP contribution in [-0.4, -0.2) is 40.7 Å². The number of rotatable bonds is 3. The maximum Gasteiger partial charge on any atom is 0.245 e. The first-order chi connectivity index (χ1) is 10.8. The number of carbonyl (C=O) groups excluding carboxylic acids is 2. The first-order valence-corrected chi connectivity index (χ1v) is 8.38. The second-order valence-electron chi connectivity index (χ2n) is 6.30. The summed E-state index contributed by atoms with van der Waals surface area (Å²) in [4.78, 5) is 29.1. The molecule has 4 heteroatoms. The van der Waals surface area contributed by atoms with E-state index in [1.165, 1.54) is 0 Å². The number of likely N-dealkylation sites (tertiary alicyclic amines) is 2. The van der Waals surface area contributed by atoms with Crippen LogP contribution in [0.5, 0.6) is 0 Å². The molecule has 0 saturated carbocycles.